The Morgan fingerprint density at radius 3 is 2.25 bits per heavy atom. The molecule has 8 nitrogen and oxygen atoms in total. The number of hydrogen-bond donors (Lipinski definition) is 0. The van der Waals surface area contributed by atoms with Crippen LogP contribution in [0.5, 0.6) is 0 Å². The predicted molar refractivity (Wildman–Crippen MR) is 121 cm³/mol. The number of aromatic nitrogens is 6. The number of aryl methyl sites for hydroxylation is 2. The van der Waals surface area contributed by atoms with Gasteiger partial charge in [0, 0.05) is 19.3 Å². The Labute approximate surface area is 184 Å². The van der Waals surface area contributed by atoms with Gasteiger partial charge in [-0.15, -0.1) is 0 Å². The topological polar surface area (TPSA) is 79.6 Å². The zero-order valence-electron chi connectivity index (χ0n) is 19.2. The van der Waals surface area contributed by atoms with Crippen molar-refractivity contribution in [1.29, 1.82) is 0 Å². The zero-order chi connectivity index (χ0) is 23.3. The summed E-state index contributed by atoms with van der Waals surface area (Å²) in [7, 11) is 1.62. The van der Waals surface area contributed by atoms with Gasteiger partial charge in [-0.05, 0) is 49.9 Å². The first-order valence-electron chi connectivity index (χ1n) is 10.6. The van der Waals surface area contributed by atoms with Crippen LogP contribution in [-0.2, 0) is 20.1 Å². The maximum Gasteiger partial charge on any atom is 0.332 e. The van der Waals surface area contributed by atoms with Crippen LogP contribution in [0.15, 0.2) is 33.9 Å². The number of halogens is 1. The van der Waals surface area contributed by atoms with E-state index in [1.54, 1.807) is 28.4 Å². The van der Waals surface area contributed by atoms with Crippen molar-refractivity contribution in [1.82, 2.24) is 28.5 Å². The summed E-state index contributed by atoms with van der Waals surface area (Å²) >= 11 is 0. The van der Waals surface area contributed by atoms with Crippen LogP contribution in [0.4, 0.5) is 4.39 Å². The second-order valence-electron chi connectivity index (χ2n) is 8.66. The highest BCUT2D eigenvalue weighted by molar-refractivity contribution is 5.73. The number of imidazole rings is 1. The average molecular weight is 439 g/mol. The molecule has 3 aromatic heterocycles. The molecule has 0 N–H and O–H groups in total. The number of rotatable bonds is 5. The van der Waals surface area contributed by atoms with Crippen molar-refractivity contribution in [2.75, 3.05) is 0 Å². The lowest BCUT2D eigenvalue weighted by Gasteiger charge is -2.13. The highest BCUT2D eigenvalue weighted by atomic mass is 19.1. The summed E-state index contributed by atoms with van der Waals surface area (Å²) in [4.78, 5) is 31.1. The molecule has 0 bridgehead atoms. The molecule has 0 saturated heterocycles. The fourth-order valence-corrected chi connectivity index (χ4v) is 3.89. The monoisotopic (exact) mass is 438 g/mol. The third kappa shape index (κ3) is 3.47. The van der Waals surface area contributed by atoms with Crippen LogP contribution < -0.4 is 11.2 Å². The van der Waals surface area contributed by atoms with Crippen LogP contribution in [0.1, 0.15) is 36.4 Å². The van der Waals surface area contributed by atoms with Gasteiger partial charge in [-0.25, -0.2) is 13.9 Å². The van der Waals surface area contributed by atoms with Crippen molar-refractivity contribution in [3.63, 3.8) is 0 Å². The van der Waals surface area contributed by atoms with E-state index in [-0.39, 0.29) is 18.3 Å². The third-order valence-electron chi connectivity index (χ3n) is 5.86. The Balaban J connectivity index is 2.08. The van der Waals surface area contributed by atoms with Crippen molar-refractivity contribution in [2.45, 2.75) is 47.7 Å². The Morgan fingerprint density at radius 2 is 1.69 bits per heavy atom. The normalized spacial score (nSPS) is 11.8. The van der Waals surface area contributed by atoms with Crippen molar-refractivity contribution in [3.8, 4) is 5.95 Å². The number of fused-ring (bicyclic) bond motifs is 1. The summed E-state index contributed by atoms with van der Waals surface area (Å²) in [6.45, 7) is 10.3. The molecule has 0 radical (unpaired) electrons. The van der Waals surface area contributed by atoms with Crippen molar-refractivity contribution in [3.05, 3.63) is 73.4 Å². The number of nitrogens with zero attached hydrogens (tertiary/aromatic N) is 6. The minimum Gasteiger partial charge on any atom is -0.298 e. The molecule has 3 heterocycles. The van der Waals surface area contributed by atoms with Gasteiger partial charge in [-0.1, -0.05) is 26.0 Å². The number of benzene rings is 1. The van der Waals surface area contributed by atoms with E-state index in [1.165, 1.54) is 21.3 Å². The molecule has 0 fully saturated rings. The molecule has 0 unspecified atom stereocenters. The van der Waals surface area contributed by atoms with Crippen molar-refractivity contribution >= 4 is 11.2 Å². The van der Waals surface area contributed by atoms with E-state index in [1.807, 2.05) is 34.6 Å². The molecular formula is C23H27FN6O2. The van der Waals surface area contributed by atoms with Gasteiger partial charge in [-0.3, -0.25) is 18.5 Å². The van der Waals surface area contributed by atoms with E-state index < -0.39 is 11.2 Å². The molecular weight excluding hydrogens is 411 g/mol. The molecule has 0 spiro atoms. The first-order valence-corrected chi connectivity index (χ1v) is 10.6. The molecule has 0 atom stereocenters. The van der Waals surface area contributed by atoms with Crippen LogP contribution in [0.25, 0.3) is 17.1 Å². The van der Waals surface area contributed by atoms with E-state index in [9.17, 15) is 14.0 Å². The van der Waals surface area contributed by atoms with Crippen LogP contribution >= 0.6 is 0 Å². The van der Waals surface area contributed by atoms with E-state index in [0.717, 1.165) is 22.5 Å². The summed E-state index contributed by atoms with van der Waals surface area (Å²) in [5.41, 5.74) is 3.39. The van der Waals surface area contributed by atoms with E-state index in [4.69, 9.17) is 4.98 Å². The lowest BCUT2D eigenvalue weighted by Crippen LogP contribution is -2.40. The quantitative estimate of drug-likeness (QED) is 0.480. The minimum absolute atomic E-state index is 0.115. The van der Waals surface area contributed by atoms with Gasteiger partial charge in [-0.2, -0.15) is 10.1 Å². The van der Waals surface area contributed by atoms with Crippen LogP contribution in [0, 0.1) is 32.5 Å². The van der Waals surface area contributed by atoms with Crippen LogP contribution in [0.3, 0.4) is 0 Å². The summed E-state index contributed by atoms with van der Waals surface area (Å²) in [5.74, 6) is 0.220. The molecule has 0 aliphatic heterocycles. The SMILES string of the molecule is Cc1nn(-c2nc3c(c(=O)n(CC(C)C)c(=O)n3C)n2Cc2ccc(F)cc2)c(C)c1C. The highest BCUT2D eigenvalue weighted by Gasteiger charge is 2.23. The van der Waals surface area contributed by atoms with E-state index >= 15 is 0 Å². The van der Waals surface area contributed by atoms with E-state index in [0.29, 0.717) is 23.7 Å². The van der Waals surface area contributed by atoms with Crippen LogP contribution in [0.2, 0.25) is 0 Å². The maximum absolute atomic E-state index is 13.5. The Morgan fingerprint density at radius 1 is 1.03 bits per heavy atom. The molecule has 0 amide bonds. The standard InChI is InChI=1S/C23H27FN6O2/c1-13(2)11-29-21(31)19-20(27(6)23(29)32)25-22(30-16(5)14(3)15(4)26-30)28(19)12-17-7-9-18(24)10-8-17/h7-10,13H,11-12H2,1-6H3. The molecule has 0 saturated carbocycles. The second kappa shape index (κ2) is 7.89. The fraction of sp³-hybridized carbons (Fsp3) is 0.391. The summed E-state index contributed by atoms with van der Waals surface area (Å²) < 4.78 is 19.6. The molecule has 32 heavy (non-hydrogen) atoms. The van der Waals surface area contributed by atoms with Gasteiger partial charge in [0.1, 0.15) is 5.82 Å². The first kappa shape index (κ1) is 21.7. The third-order valence-corrected chi connectivity index (χ3v) is 5.86. The molecule has 4 rings (SSSR count). The second-order valence-corrected chi connectivity index (χ2v) is 8.66. The van der Waals surface area contributed by atoms with Gasteiger partial charge in [0.15, 0.2) is 11.2 Å². The van der Waals surface area contributed by atoms with E-state index in [2.05, 4.69) is 5.10 Å². The molecule has 168 valence electrons. The molecule has 9 heteroatoms. The minimum atomic E-state index is -0.404. The Bertz CT molecular complexity index is 1440. The molecule has 0 aliphatic carbocycles. The average Bonchev–Trinajstić information content (AvgIpc) is 3.24. The zero-order valence-corrected chi connectivity index (χ0v) is 19.2. The maximum atomic E-state index is 13.5. The lowest BCUT2D eigenvalue weighted by molar-refractivity contribution is 0.484. The summed E-state index contributed by atoms with van der Waals surface area (Å²) in [6.07, 6.45) is 0. The molecule has 1 aromatic carbocycles. The highest BCUT2D eigenvalue weighted by Crippen LogP contribution is 2.21. The lowest BCUT2D eigenvalue weighted by atomic mass is 10.2. The van der Waals surface area contributed by atoms with Crippen molar-refractivity contribution < 1.29 is 4.39 Å². The molecule has 4 aromatic rings. The predicted octanol–water partition coefficient (Wildman–Crippen LogP) is 2.85. The van der Waals surface area contributed by atoms with Gasteiger partial charge < -0.3 is 0 Å². The summed E-state index contributed by atoms with van der Waals surface area (Å²) in [5, 5.41) is 4.62. The summed E-state index contributed by atoms with van der Waals surface area (Å²) in [6, 6.07) is 6.11. The van der Waals surface area contributed by atoms with Gasteiger partial charge >= 0.3 is 5.69 Å². The van der Waals surface area contributed by atoms with Gasteiger partial charge in [0.2, 0.25) is 5.95 Å². The number of hydrogen-bond acceptors (Lipinski definition) is 4. The molecule has 0 aliphatic rings. The fourth-order valence-electron chi connectivity index (χ4n) is 3.89. The largest absolute Gasteiger partial charge is 0.332 e. The Hall–Kier alpha value is -3.49. The van der Waals surface area contributed by atoms with Crippen molar-refractivity contribution in [2.24, 2.45) is 13.0 Å². The Kier molecular flexibility index (Phi) is 5.36. The van der Waals surface area contributed by atoms with Gasteiger partial charge in [0.05, 0.1) is 12.2 Å². The van der Waals surface area contributed by atoms with Gasteiger partial charge in [0.25, 0.3) is 5.56 Å². The smallest absolute Gasteiger partial charge is 0.298 e. The first-order chi connectivity index (χ1) is 15.1. The van der Waals surface area contributed by atoms with Crippen LogP contribution in [-0.4, -0.2) is 28.5 Å².